The quantitative estimate of drug-likeness (QED) is 0.112. The fourth-order valence-corrected chi connectivity index (χ4v) is 5.28. The number of nitrogens with zero attached hydrogens (tertiary/aromatic N) is 2. The second-order valence-electron chi connectivity index (χ2n) is 14.8. The number of benzene rings is 2. The zero-order valence-corrected chi connectivity index (χ0v) is 32.1. The molecule has 2 aromatic rings. The summed E-state index contributed by atoms with van der Waals surface area (Å²) in [5.74, 6) is -2.02. The summed E-state index contributed by atoms with van der Waals surface area (Å²) in [4.78, 5) is 28.7. The van der Waals surface area contributed by atoms with Crippen LogP contribution in [0.25, 0.3) is 0 Å². The van der Waals surface area contributed by atoms with Crippen LogP contribution in [0.15, 0.2) is 24.3 Å². The molecule has 0 spiro atoms. The fourth-order valence-electron chi connectivity index (χ4n) is 5.28. The Labute approximate surface area is 296 Å². The fraction of sp³-hybridized carbons (Fsp3) is 0.632. The van der Waals surface area contributed by atoms with Crippen molar-refractivity contribution in [2.75, 3.05) is 22.9 Å². The number of rotatable bonds is 14. The van der Waals surface area contributed by atoms with Crippen LogP contribution in [-0.2, 0) is 31.3 Å². The molecule has 2 amide bonds. The van der Waals surface area contributed by atoms with Crippen LogP contribution in [0.1, 0.15) is 109 Å². The van der Waals surface area contributed by atoms with Crippen molar-refractivity contribution in [3.05, 3.63) is 59.7 Å². The van der Waals surface area contributed by atoms with Gasteiger partial charge in [-0.15, -0.1) is 36.4 Å². The van der Waals surface area contributed by atoms with Crippen LogP contribution < -0.4 is 9.80 Å². The number of halogens is 4. The molecule has 0 aliphatic carbocycles. The molecule has 0 saturated heterocycles. The van der Waals surface area contributed by atoms with Gasteiger partial charge in [-0.3, -0.25) is 9.59 Å². The average Bonchev–Trinajstić information content (AvgIpc) is 2.94. The van der Waals surface area contributed by atoms with E-state index in [2.05, 4.69) is 27.7 Å². The summed E-state index contributed by atoms with van der Waals surface area (Å²) in [5.41, 5.74) is -0.987. The first-order valence-electron chi connectivity index (χ1n) is 16.5. The molecule has 2 atom stereocenters. The molecule has 0 aliphatic heterocycles. The van der Waals surface area contributed by atoms with Gasteiger partial charge >= 0.3 is 21.7 Å². The molecule has 9 heteroatoms. The van der Waals surface area contributed by atoms with Crippen molar-refractivity contribution in [3.8, 4) is 0 Å². The Balaban J connectivity index is 0.000000882. The van der Waals surface area contributed by atoms with E-state index in [4.69, 9.17) is 0 Å². The smallest absolute Gasteiger partial charge is 0.363 e. The molecule has 262 valence electrons. The Morgan fingerprint density at radius 2 is 0.936 bits per heavy atom. The zero-order chi connectivity index (χ0) is 35.6. The summed E-state index contributed by atoms with van der Waals surface area (Å²) in [6.45, 7) is 24.6. The van der Waals surface area contributed by atoms with E-state index in [1.54, 1.807) is 0 Å². The van der Waals surface area contributed by atoms with Gasteiger partial charge in [0.2, 0.25) is 11.8 Å². The van der Waals surface area contributed by atoms with Crippen molar-refractivity contribution >= 4 is 23.2 Å². The van der Waals surface area contributed by atoms with Gasteiger partial charge in [0.25, 0.3) is 0 Å². The number of carbonyl (C=O) groups excluding carboxylic acids is 2. The maximum Gasteiger partial charge on any atom is 2.00 e. The van der Waals surface area contributed by atoms with Gasteiger partial charge in [0.15, 0.2) is 0 Å². The maximum absolute atomic E-state index is 14.2. The molecule has 2 aromatic carbocycles. The third-order valence-corrected chi connectivity index (χ3v) is 8.42. The van der Waals surface area contributed by atoms with E-state index in [0.717, 1.165) is 25.0 Å². The Bertz CT molecular complexity index is 1180. The van der Waals surface area contributed by atoms with E-state index < -0.39 is 34.1 Å². The van der Waals surface area contributed by atoms with Crippen LogP contribution in [-0.4, -0.2) is 24.9 Å². The number of amides is 2. The number of anilines is 2. The second kappa shape index (κ2) is 19.7. The molecule has 0 bridgehead atoms. The predicted octanol–water partition coefficient (Wildman–Crippen LogP) is 10.4. The summed E-state index contributed by atoms with van der Waals surface area (Å²) < 4.78 is 54.6. The molecular formula is C38H56F4N2O2Ti. The first-order valence-corrected chi connectivity index (χ1v) is 16.5. The Morgan fingerprint density at radius 1 is 0.638 bits per heavy atom. The van der Waals surface area contributed by atoms with E-state index >= 15 is 0 Å². The molecule has 2 rings (SSSR count). The summed E-state index contributed by atoms with van der Waals surface area (Å²) in [7, 11) is 0. The number of hydrogen-bond donors (Lipinski definition) is 0. The van der Waals surface area contributed by atoms with E-state index in [0.29, 0.717) is 37.8 Å². The van der Waals surface area contributed by atoms with Gasteiger partial charge in [-0.25, -0.2) is 17.6 Å². The van der Waals surface area contributed by atoms with Gasteiger partial charge in [0.1, 0.15) is 0 Å². The summed E-state index contributed by atoms with van der Waals surface area (Å²) in [6.07, 6.45) is 3.16. The first-order chi connectivity index (χ1) is 21.2. The van der Waals surface area contributed by atoms with Crippen LogP contribution in [0, 0.1) is 69.9 Å². The van der Waals surface area contributed by atoms with Crippen molar-refractivity contribution in [2.24, 2.45) is 34.5 Å². The molecule has 4 nitrogen and oxygen atoms in total. The third kappa shape index (κ3) is 14.1. The maximum atomic E-state index is 14.2. The van der Waals surface area contributed by atoms with Gasteiger partial charge in [0.05, 0.1) is 0 Å². The first kappa shape index (κ1) is 44.8. The van der Waals surface area contributed by atoms with E-state index in [9.17, 15) is 27.2 Å². The van der Waals surface area contributed by atoms with Gasteiger partial charge in [-0.2, -0.15) is 0 Å². The van der Waals surface area contributed by atoms with Crippen LogP contribution in [0.4, 0.5) is 28.9 Å². The molecule has 0 aromatic heterocycles. The predicted molar refractivity (Wildman–Crippen MR) is 180 cm³/mol. The normalized spacial score (nSPS) is 13.0. The third-order valence-electron chi connectivity index (χ3n) is 8.42. The van der Waals surface area contributed by atoms with E-state index in [-0.39, 0.29) is 56.7 Å². The summed E-state index contributed by atoms with van der Waals surface area (Å²) >= 11 is 0. The van der Waals surface area contributed by atoms with Crippen molar-refractivity contribution < 1.29 is 48.9 Å². The van der Waals surface area contributed by atoms with E-state index in [1.165, 1.54) is 21.9 Å². The van der Waals surface area contributed by atoms with Gasteiger partial charge < -0.3 is 9.80 Å². The Hall–Kier alpha value is -2.19. The number of carbonyl (C=O) groups is 2. The van der Waals surface area contributed by atoms with E-state index in [1.807, 2.05) is 67.5 Å². The van der Waals surface area contributed by atoms with Crippen LogP contribution in [0.2, 0.25) is 0 Å². The molecule has 2 unspecified atom stereocenters. The minimum absolute atomic E-state index is 0. The average molecular weight is 697 g/mol. The second-order valence-corrected chi connectivity index (χ2v) is 14.8. The Morgan fingerprint density at radius 3 is 1.17 bits per heavy atom. The SMILES string of the molecule is CCC(C)(C)C(=O)N(CC(C)CC(C)C)c1ccc(F)[c-]c1F.CCC(C)(C)C(=O)N(CC(C)CC(C)C)c1ccc(F)[c-]c1F.[Ti+2]. The largest absolute Gasteiger partial charge is 2.00 e. The Kier molecular flexibility index (Phi) is 18.8. The summed E-state index contributed by atoms with van der Waals surface area (Å²) in [5, 5.41) is 0. The molecule has 0 aliphatic rings. The van der Waals surface area contributed by atoms with Crippen molar-refractivity contribution in [2.45, 2.75) is 109 Å². The molecule has 0 fully saturated rings. The van der Waals surface area contributed by atoms with Gasteiger partial charge in [-0.05, 0) is 60.7 Å². The van der Waals surface area contributed by atoms with Gasteiger partial charge in [0, 0.05) is 47.2 Å². The van der Waals surface area contributed by atoms with Crippen LogP contribution in [0.3, 0.4) is 0 Å². The minimum Gasteiger partial charge on any atom is -0.363 e. The molecule has 0 heterocycles. The molecule has 0 radical (unpaired) electrons. The van der Waals surface area contributed by atoms with Crippen molar-refractivity contribution in [3.63, 3.8) is 0 Å². The van der Waals surface area contributed by atoms with Crippen LogP contribution in [0.5, 0.6) is 0 Å². The van der Waals surface area contributed by atoms with Crippen molar-refractivity contribution in [1.82, 2.24) is 0 Å². The molecule has 0 saturated carbocycles. The van der Waals surface area contributed by atoms with Crippen molar-refractivity contribution in [1.29, 1.82) is 0 Å². The minimum atomic E-state index is -0.818. The standard InChI is InChI=1S/2C19H28F2NO.Ti/c2*1-7-19(5,6)18(23)22(12-14(4)10-13(2)3)17-9-8-15(20)11-16(17)21;/h2*8-9,13-14H,7,10,12H2,1-6H3;/q2*-1;+2. The molecular weight excluding hydrogens is 640 g/mol. The monoisotopic (exact) mass is 696 g/mol. The van der Waals surface area contributed by atoms with Crippen LogP contribution >= 0.6 is 0 Å². The summed E-state index contributed by atoms with van der Waals surface area (Å²) in [6, 6.07) is 9.00. The van der Waals surface area contributed by atoms with Gasteiger partial charge in [-0.1, -0.05) is 83.1 Å². The molecule has 0 N–H and O–H groups in total. The topological polar surface area (TPSA) is 40.6 Å². The zero-order valence-electron chi connectivity index (χ0n) is 30.6. The number of hydrogen-bond acceptors (Lipinski definition) is 2. The molecule has 47 heavy (non-hydrogen) atoms.